The molecule has 37 heavy (non-hydrogen) atoms. The van der Waals surface area contributed by atoms with Gasteiger partial charge in [-0.2, -0.15) is 0 Å². The molecule has 0 bridgehead atoms. The van der Waals surface area contributed by atoms with E-state index >= 15 is 4.39 Å². The number of benzene rings is 2. The van der Waals surface area contributed by atoms with Crippen LogP contribution in [-0.2, 0) is 14.2 Å². The first-order valence-electron chi connectivity index (χ1n) is 11.3. The fourth-order valence-corrected chi connectivity index (χ4v) is 5.47. The third kappa shape index (κ3) is 4.92. The van der Waals surface area contributed by atoms with Crippen molar-refractivity contribution in [2.24, 2.45) is 0 Å². The van der Waals surface area contributed by atoms with Crippen LogP contribution in [0.15, 0.2) is 73.2 Å². The molecular weight excluding hydrogens is 616 g/mol. The first-order valence-corrected chi connectivity index (χ1v) is 12.7. The highest BCUT2D eigenvalue weighted by atomic mass is 127. The molecular formula is C26H20ClFIN3O5. The maximum Gasteiger partial charge on any atom is 0.338 e. The molecule has 11 heteroatoms. The number of aromatic nitrogens is 3. The van der Waals surface area contributed by atoms with E-state index in [4.69, 9.17) is 25.8 Å². The summed E-state index contributed by atoms with van der Waals surface area (Å²) in [6.07, 6.45) is -0.858. The molecule has 5 rings (SSSR count). The number of carbonyl (C=O) groups is 2. The van der Waals surface area contributed by atoms with Crippen LogP contribution >= 0.6 is 34.2 Å². The molecule has 0 spiro atoms. The van der Waals surface area contributed by atoms with Crippen molar-refractivity contribution in [2.45, 2.75) is 31.0 Å². The van der Waals surface area contributed by atoms with Crippen LogP contribution in [-0.4, -0.2) is 51.0 Å². The summed E-state index contributed by atoms with van der Waals surface area (Å²) in [7, 11) is 0. The number of hydrogen-bond donors (Lipinski definition) is 0. The maximum absolute atomic E-state index is 16.6. The first-order chi connectivity index (χ1) is 17.8. The van der Waals surface area contributed by atoms with Gasteiger partial charge in [-0.05, 0) is 53.8 Å². The quantitative estimate of drug-likeness (QED) is 0.159. The Bertz CT molecular complexity index is 1450. The third-order valence-electron chi connectivity index (χ3n) is 6.08. The van der Waals surface area contributed by atoms with E-state index in [1.165, 1.54) is 17.8 Å². The predicted octanol–water partition coefficient (Wildman–Crippen LogP) is 5.40. The van der Waals surface area contributed by atoms with Crippen molar-refractivity contribution in [2.75, 3.05) is 6.61 Å². The zero-order valence-electron chi connectivity index (χ0n) is 19.4. The lowest BCUT2D eigenvalue weighted by Gasteiger charge is -2.28. The van der Waals surface area contributed by atoms with Gasteiger partial charge in [-0.3, -0.25) is 0 Å². The van der Waals surface area contributed by atoms with Crippen LogP contribution in [0.25, 0.3) is 11.0 Å². The molecule has 1 saturated heterocycles. The minimum Gasteiger partial charge on any atom is -0.459 e. The summed E-state index contributed by atoms with van der Waals surface area (Å²) >= 11 is 8.31. The number of hydrogen-bond acceptors (Lipinski definition) is 7. The lowest BCUT2D eigenvalue weighted by atomic mass is 9.98. The minimum atomic E-state index is -2.24. The average Bonchev–Trinajstić information content (AvgIpc) is 3.37. The Hall–Kier alpha value is -3.09. The monoisotopic (exact) mass is 635 g/mol. The summed E-state index contributed by atoms with van der Waals surface area (Å²) in [4.78, 5) is 33.7. The van der Waals surface area contributed by atoms with Gasteiger partial charge in [0, 0.05) is 9.77 Å². The second kappa shape index (κ2) is 10.3. The Kier molecular flexibility index (Phi) is 7.15. The van der Waals surface area contributed by atoms with Crippen LogP contribution in [0.1, 0.15) is 33.9 Å². The largest absolute Gasteiger partial charge is 0.459 e. The minimum absolute atomic E-state index is 0.215. The molecule has 1 aliphatic rings. The molecule has 0 aliphatic carbocycles. The number of ether oxygens (including phenoxy) is 3. The van der Waals surface area contributed by atoms with Gasteiger partial charge in [-0.1, -0.05) is 48.0 Å². The standard InChI is InChI=1S/C26H20ClFIN3O5/c1-26(28)20(37-24(34)16-10-6-3-7-11-16)18(13-35-23(33)15-8-4-2-5-9-15)36-25(26)32-12-17(29)19-21(27)30-14-31-22(19)32/h2-12,14,18,20,25H,13H2,1H3/t18-,20-,25-,26?/m1/s1. The fourth-order valence-electron chi connectivity index (χ4n) is 4.29. The highest BCUT2D eigenvalue weighted by Gasteiger charge is 2.58. The Morgan fingerprint density at radius 3 is 2.35 bits per heavy atom. The molecule has 8 nitrogen and oxygen atoms in total. The SMILES string of the molecule is CC1(F)[C@H](OC(=O)c2ccccc2)[C@@H](COC(=O)c2ccccc2)O[C@H]1n1cc(I)c2c(Cl)ncnc21. The molecule has 0 amide bonds. The lowest BCUT2D eigenvalue weighted by Crippen LogP contribution is -2.44. The van der Waals surface area contributed by atoms with Crippen LogP contribution in [0.2, 0.25) is 5.15 Å². The smallest absolute Gasteiger partial charge is 0.338 e. The molecule has 1 unspecified atom stereocenters. The summed E-state index contributed by atoms with van der Waals surface area (Å²) < 4.78 is 36.0. The van der Waals surface area contributed by atoms with Crippen molar-refractivity contribution in [3.63, 3.8) is 0 Å². The van der Waals surface area contributed by atoms with Crippen LogP contribution in [0, 0.1) is 3.57 Å². The van der Waals surface area contributed by atoms with Crippen molar-refractivity contribution >= 4 is 57.2 Å². The molecule has 2 aromatic carbocycles. The van der Waals surface area contributed by atoms with E-state index in [1.807, 2.05) is 0 Å². The van der Waals surface area contributed by atoms with E-state index in [0.717, 1.165) is 0 Å². The molecule has 0 saturated carbocycles. The van der Waals surface area contributed by atoms with E-state index in [9.17, 15) is 9.59 Å². The summed E-state index contributed by atoms with van der Waals surface area (Å²) in [5.41, 5.74) is -1.30. The Morgan fingerprint density at radius 1 is 1.08 bits per heavy atom. The second-order valence-corrected chi connectivity index (χ2v) is 10.1. The number of halogens is 3. The van der Waals surface area contributed by atoms with Crippen LogP contribution in [0.3, 0.4) is 0 Å². The number of alkyl halides is 1. The number of nitrogens with zero attached hydrogens (tertiary/aromatic N) is 3. The molecule has 0 N–H and O–H groups in total. The highest BCUT2D eigenvalue weighted by Crippen LogP contribution is 2.45. The van der Waals surface area contributed by atoms with Gasteiger partial charge in [-0.15, -0.1) is 0 Å². The van der Waals surface area contributed by atoms with E-state index in [1.54, 1.807) is 66.9 Å². The molecule has 0 radical (unpaired) electrons. The Morgan fingerprint density at radius 2 is 1.70 bits per heavy atom. The van der Waals surface area contributed by atoms with Crippen LogP contribution in [0.4, 0.5) is 4.39 Å². The zero-order valence-corrected chi connectivity index (χ0v) is 22.3. The highest BCUT2D eigenvalue weighted by molar-refractivity contribution is 14.1. The van der Waals surface area contributed by atoms with Crippen molar-refractivity contribution in [1.29, 1.82) is 0 Å². The topological polar surface area (TPSA) is 92.5 Å². The fraction of sp³-hybridized carbons (Fsp3) is 0.231. The van der Waals surface area contributed by atoms with Gasteiger partial charge in [0.1, 0.15) is 29.8 Å². The second-order valence-electron chi connectivity index (χ2n) is 8.58. The maximum atomic E-state index is 16.6. The molecule has 2 aromatic heterocycles. The normalized spacial score (nSPS) is 23.2. The van der Waals surface area contributed by atoms with Crippen molar-refractivity contribution in [3.05, 3.63) is 93.0 Å². The molecule has 3 heterocycles. The van der Waals surface area contributed by atoms with Gasteiger partial charge in [-0.25, -0.2) is 23.9 Å². The Labute approximate surface area is 229 Å². The van der Waals surface area contributed by atoms with Crippen molar-refractivity contribution < 1.29 is 28.2 Å². The molecule has 1 fully saturated rings. The molecule has 4 atom stereocenters. The summed E-state index contributed by atoms with van der Waals surface area (Å²) in [5.74, 6) is -1.34. The van der Waals surface area contributed by atoms with E-state index < -0.39 is 36.0 Å². The van der Waals surface area contributed by atoms with Gasteiger partial charge in [0.15, 0.2) is 18.0 Å². The summed E-state index contributed by atoms with van der Waals surface area (Å²) in [6, 6.07) is 16.6. The lowest BCUT2D eigenvalue weighted by molar-refractivity contribution is -0.0609. The van der Waals surface area contributed by atoms with Crippen LogP contribution < -0.4 is 0 Å². The molecule has 4 aromatic rings. The van der Waals surface area contributed by atoms with E-state index in [-0.39, 0.29) is 17.3 Å². The van der Waals surface area contributed by atoms with Gasteiger partial charge >= 0.3 is 11.9 Å². The van der Waals surface area contributed by atoms with Crippen molar-refractivity contribution in [1.82, 2.24) is 14.5 Å². The summed E-state index contributed by atoms with van der Waals surface area (Å²) in [5, 5.41) is 0.757. The molecule has 1 aliphatic heterocycles. The predicted molar refractivity (Wildman–Crippen MR) is 141 cm³/mol. The van der Waals surface area contributed by atoms with Gasteiger partial charge < -0.3 is 18.8 Å². The summed E-state index contributed by atoms with van der Waals surface area (Å²) in [6.45, 7) is 0.934. The number of esters is 2. The molecule has 190 valence electrons. The average molecular weight is 636 g/mol. The van der Waals surface area contributed by atoms with Gasteiger partial charge in [0.25, 0.3) is 0 Å². The van der Waals surface area contributed by atoms with Gasteiger partial charge in [0.2, 0.25) is 0 Å². The number of rotatable bonds is 6. The third-order valence-corrected chi connectivity index (χ3v) is 7.19. The van der Waals surface area contributed by atoms with Crippen LogP contribution in [0.5, 0.6) is 0 Å². The van der Waals surface area contributed by atoms with Gasteiger partial charge in [0.05, 0.1) is 16.5 Å². The van der Waals surface area contributed by atoms with E-state index in [2.05, 4.69) is 32.6 Å². The Balaban J connectivity index is 1.47. The van der Waals surface area contributed by atoms with E-state index in [0.29, 0.717) is 20.2 Å². The number of fused-ring (bicyclic) bond motifs is 1. The first kappa shape index (κ1) is 25.6. The van der Waals surface area contributed by atoms with Crippen molar-refractivity contribution in [3.8, 4) is 0 Å². The zero-order chi connectivity index (χ0) is 26.2. The number of carbonyl (C=O) groups excluding carboxylic acids is 2.